The minimum Gasteiger partial charge on any atom is -0.482 e. The van der Waals surface area contributed by atoms with Gasteiger partial charge in [-0.15, -0.1) is 0 Å². The molecule has 0 saturated carbocycles. The lowest BCUT2D eigenvalue weighted by atomic mass is 10.1. The highest BCUT2D eigenvalue weighted by atomic mass is 32.1. The largest absolute Gasteiger partial charge is 0.482 e. The van der Waals surface area contributed by atoms with Crippen molar-refractivity contribution in [1.29, 1.82) is 0 Å². The molecule has 0 aliphatic carbocycles. The Labute approximate surface area is 121 Å². The second-order valence-corrected chi connectivity index (χ2v) is 5.61. The van der Waals surface area contributed by atoms with Crippen LogP contribution in [-0.4, -0.2) is 12.5 Å². The number of anilines is 1. The Morgan fingerprint density at radius 3 is 3.15 bits per heavy atom. The van der Waals surface area contributed by atoms with Gasteiger partial charge in [0.15, 0.2) is 6.61 Å². The standard InChI is InChI=1S/C15H16N2O2S/c1-10(16-7-11-4-5-20-9-11)12-2-3-14-13(6-12)17-15(18)8-19-14/h2-6,9-10,16H,7-8H2,1H3,(H,17,18)/t10-/m1/s1. The zero-order valence-corrected chi connectivity index (χ0v) is 12.0. The van der Waals surface area contributed by atoms with Crippen LogP contribution in [0, 0.1) is 0 Å². The molecule has 20 heavy (non-hydrogen) atoms. The number of nitrogens with one attached hydrogen (secondary N) is 2. The van der Waals surface area contributed by atoms with Crippen LogP contribution in [0.2, 0.25) is 0 Å². The molecule has 1 atom stereocenters. The van der Waals surface area contributed by atoms with Crippen LogP contribution in [0.5, 0.6) is 5.75 Å². The number of benzene rings is 1. The van der Waals surface area contributed by atoms with E-state index in [0.717, 1.165) is 23.5 Å². The number of ether oxygens (including phenoxy) is 1. The highest BCUT2D eigenvalue weighted by Gasteiger charge is 2.17. The lowest BCUT2D eigenvalue weighted by Crippen LogP contribution is -2.26. The number of carbonyl (C=O) groups excluding carboxylic acids is 1. The third-order valence-electron chi connectivity index (χ3n) is 3.33. The van der Waals surface area contributed by atoms with Crippen LogP contribution in [0.4, 0.5) is 5.69 Å². The first kappa shape index (κ1) is 13.1. The van der Waals surface area contributed by atoms with Crippen LogP contribution in [0.15, 0.2) is 35.0 Å². The molecular formula is C15H16N2O2S. The first-order chi connectivity index (χ1) is 9.72. The van der Waals surface area contributed by atoms with Gasteiger partial charge in [-0.3, -0.25) is 4.79 Å². The van der Waals surface area contributed by atoms with Gasteiger partial charge in [-0.1, -0.05) is 6.07 Å². The third-order valence-corrected chi connectivity index (χ3v) is 4.06. The highest BCUT2D eigenvalue weighted by Crippen LogP contribution is 2.30. The molecular weight excluding hydrogens is 272 g/mol. The monoisotopic (exact) mass is 288 g/mol. The van der Waals surface area contributed by atoms with E-state index < -0.39 is 0 Å². The number of amides is 1. The van der Waals surface area contributed by atoms with E-state index in [0.29, 0.717) is 0 Å². The van der Waals surface area contributed by atoms with Gasteiger partial charge in [-0.05, 0) is 47.0 Å². The average molecular weight is 288 g/mol. The molecule has 4 nitrogen and oxygen atoms in total. The van der Waals surface area contributed by atoms with Gasteiger partial charge in [0.2, 0.25) is 0 Å². The Bertz CT molecular complexity index is 610. The van der Waals surface area contributed by atoms with Gasteiger partial charge in [-0.25, -0.2) is 0 Å². The maximum absolute atomic E-state index is 11.3. The lowest BCUT2D eigenvalue weighted by molar-refractivity contribution is -0.118. The van der Waals surface area contributed by atoms with Gasteiger partial charge in [0.25, 0.3) is 5.91 Å². The summed E-state index contributed by atoms with van der Waals surface area (Å²) >= 11 is 1.70. The molecule has 1 aliphatic rings. The van der Waals surface area contributed by atoms with E-state index in [4.69, 9.17) is 4.74 Å². The maximum atomic E-state index is 11.3. The summed E-state index contributed by atoms with van der Waals surface area (Å²) in [4.78, 5) is 11.3. The van der Waals surface area contributed by atoms with Crippen molar-refractivity contribution in [3.05, 3.63) is 46.2 Å². The maximum Gasteiger partial charge on any atom is 0.262 e. The molecule has 0 bridgehead atoms. The molecule has 2 heterocycles. The van der Waals surface area contributed by atoms with E-state index >= 15 is 0 Å². The van der Waals surface area contributed by atoms with E-state index in [1.165, 1.54) is 5.56 Å². The van der Waals surface area contributed by atoms with Crippen LogP contribution in [0.1, 0.15) is 24.1 Å². The molecule has 1 aliphatic heterocycles. The molecule has 0 fully saturated rings. The van der Waals surface area contributed by atoms with Gasteiger partial charge in [-0.2, -0.15) is 11.3 Å². The summed E-state index contributed by atoms with van der Waals surface area (Å²) in [6.45, 7) is 3.04. The summed E-state index contributed by atoms with van der Waals surface area (Å²) in [5.74, 6) is 0.631. The molecule has 0 radical (unpaired) electrons. The van der Waals surface area contributed by atoms with Crippen molar-refractivity contribution in [2.75, 3.05) is 11.9 Å². The second-order valence-electron chi connectivity index (χ2n) is 4.83. The number of rotatable bonds is 4. The highest BCUT2D eigenvalue weighted by molar-refractivity contribution is 7.07. The first-order valence-electron chi connectivity index (χ1n) is 6.53. The Hall–Kier alpha value is -1.85. The SMILES string of the molecule is C[C@@H](NCc1ccsc1)c1ccc2c(c1)NC(=O)CO2. The zero-order chi connectivity index (χ0) is 13.9. The fourth-order valence-corrected chi connectivity index (χ4v) is 2.82. The fourth-order valence-electron chi connectivity index (χ4n) is 2.15. The summed E-state index contributed by atoms with van der Waals surface area (Å²) in [5, 5.41) is 10.5. The molecule has 1 aromatic carbocycles. The van der Waals surface area contributed by atoms with E-state index in [9.17, 15) is 4.79 Å². The number of carbonyl (C=O) groups is 1. The predicted octanol–water partition coefficient (Wildman–Crippen LogP) is 2.93. The third kappa shape index (κ3) is 2.84. The number of thiophene rings is 1. The van der Waals surface area contributed by atoms with E-state index in [1.54, 1.807) is 11.3 Å². The van der Waals surface area contributed by atoms with Crippen molar-refractivity contribution in [2.24, 2.45) is 0 Å². The van der Waals surface area contributed by atoms with Crippen molar-refractivity contribution in [3.8, 4) is 5.75 Å². The van der Waals surface area contributed by atoms with E-state index in [1.807, 2.05) is 18.2 Å². The zero-order valence-electron chi connectivity index (χ0n) is 11.2. The Morgan fingerprint density at radius 1 is 1.45 bits per heavy atom. The summed E-state index contributed by atoms with van der Waals surface area (Å²) in [7, 11) is 0. The molecule has 2 N–H and O–H groups in total. The summed E-state index contributed by atoms with van der Waals surface area (Å²) < 4.78 is 5.36. The molecule has 0 spiro atoms. The molecule has 2 aromatic rings. The van der Waals surface area contributed by atoms with Crippen molar-refractivity contribution >= 4 is 22.9 Å². The minimum atomic E-state index is -0.103. The molecule has 0 unspecified atom stereocenters. The number of hydrogen-bond donors (Lipinski definition) is 2. The van der Waals surface area contributed by atoms with Crippen LogP contribution in [-0.2, 0) is 11.3 Å². The first-order valence-corrected chi connectivity index (χ1v) is 7.48. The summed E-state index contributed by atoms with van der Waals surface area (Å²) in [6, 6.07) is 8.23. The predicted molar refractivity (Wildman–Crippen MR) is 80.1 cm³/mol. The molecule has 1 aromatic heterocycles. The average Bonchev–Trinajstić information content (AvgIpc) is 2.97. The van der Waals surface area contributed by atoms with Crippen molar-refractivity contribution in [1.82, 2.24) is 5.32 Å². The van der Waals surface area contributed by atoms with E-state index in [-0.39, 0.29) is 18.6 Å². The molecule has 3 rings (SSSR count). The van der Waals surface area contributed by atoms with Crippen molar-refractivity contribution < 1.29 is 9.53 Å². The van der Waals surface area contributed by atoms with Crippen LogP contribution in [0.3, 0.4) is 0 Å². The van der Waals surface area contributed by atoms with Crippen LogP contribution >= 0.6 is 11.3 Å². The smallest absolute Gasteiger partial charge is 0.262 e. The second kappa shape index (κ2) is 5.64. The van der Waals surface area contributed by atoms with Gasteiger partial charge in [0.05, 0.1) is 5.69 Å². The van der Waals surface area contributed by atoms with Crippen molar-refractivity contribution in [3.63, 3.8) is 0 Å². The number of hydrogen-bond acceptors (Lipinski definition) is 4. The van der Waals surface area contributed by atoms with E-state index in [2.05, 4.69) is 34.4 Å². The van der Waals surface area contributed by atoms with Crippen molar-refractivity contribution in [2.45, 2.75) is 19.5 Å². The molecule has 1 amide bonds. The Balaban J connectivity index is 1.70. The summed E-state index contributed by atoms with van der Waals surface area (Å²) in [6.07, 6.45) is 0. The van der Waals surface area contributed by atoms with Gasteiger partial charge in [0, 0.05) is 12.6 Å². The quantitative estimate of drug-likeness (QED) is 0.909. The number of fused-ring (bicyclic) bond motifs is 1. The normalized spacial score (nSPS) is 15.2. The molecule has 104 valence electrons. The molecule has 5 heteroatoms. The topological polar surface area (TPSA) is 50.4 Å². The Morgan fingerprint density at radius 2 is 2.35 bits per heavy atom. The summed E-state index contributed by atoms with van der Waals surface area (Å²) in [5.41, 5.74) is 3.17. The minimum absolute atomic E-state index is 0.0955. The lowest BCUT2D eigenvalue weighted by Gasteiger charge is -2.20. The van der Waals surface area contributed by atoms with Crippen LogP contribution < -0.4 is 15.4 Å². The Kier molecular flexibility index (Phi) is 3.71. The molecule has 0 saturated heterocycles. The van der Waals surface area contributed by atoms with Crippen LogP contribution in [0.25, 0.3) is 0 Å². The van der Waals surface area contributed by atoms with Gasteiger partial charge in [0.1, 0.15) is 5.75 Å². The van der Waals surface area contributed by atoms with Gasteiger partial charge >= 0.3 is 0 Å². The van der Waals surface area contributed by atoms with Gasteiger partial charge < -0.3 is 15.4 Å². The fraction of sp³-hybridized carbons (Fsp3) is 0.267.